The summed E-state index contributed by atoms with van der Waals surface area (Å²) in [6, 6.07) is 7.77. The minimum atomic E-state index is -0.141. The van der Waals surface area contributed by atoms with Crippen molar-refractivity contribution in [2.75, 3.05) is 11.9 Å². The monoisotopic (exact) mass is 274 g/mol. The van der Waals surface area contributed by atoms with Crippen molar-refractivity contribution in [2.24, 2.45) is 5.92 Å². The summed E-state index contributed by atoms with van der Waals surface area (Å²) in [4.78, 5) is 12.1. The van der Waals surface area contributed by atoms with Crippen LogP contribution in [0.1, 0.15) is 44.6 Å². The number of anilines is 1. The zero-order valence-electron chi connectivity index (χ0n) is 12.6. The highest BCUT2D eigenvalue weighted by Crippen LogP contribution is 2.22. The van der Waals surface area contributed by atoms with E-state index in [2.05, 4.69) is 10.6 Å². The molecule has 0 spiro atoms. The molecule has 0 saturated heterocycles. The predicted molar refractivity (Wildman–Crippen MR) is 83.8 cm³/mol. The number of aryl methyl sites for hydroxylation is 1. The Hall–Kier alpha value is -1.35. The van der Waals surface area contributed by atoms with Crippen molar-refractivity contribution in [3.05, 3.63) is 29.8 Å². The minimum absolute atomic E-state index is 0.0460. The average molecular weight is 274 g/mol. The lowest BCUT2D eigenvalue weighted by Gasteiger charge is -2.23. The molecule has 1 unspecified atom stereocenters. The minimum Gasteiger partial charge on any atom is -0.325 e. The van der Waals surface area contributed by atoms with Crippen LogP contribution in [0, 0.1) is 12.8 Å². The zero-order chi connectivity index (χ0) is 14.4. The molecular formula is C17H26N2O. The summed E-state index contributed by atoms with van der Waals surface area (Å²) in [5.41, 5.74) is 2.07. The molecule has 0 aliphatic heterocycles. The van der Waals surface area contributed by atoms with Crippen molar-refractivity contribution in [3.63, 3.8) is 0 Å². The lowest BCUT2D eigenvalue weighted by molar-refractivity contribution is -0.117. The van der Waals surface area contributed by atoms with E-state index in [0.29, 0.717) is 0 Å². The SMILES string of the molecule is Cc1ccc(NC(=O)C(C)NCC2CCCCC2)cc1. The Kier molecular flexibility index (Phi) is 5.60. The maximum Gasteiger partial charge on any atom is 0.241 e. The Balaban J connectivity index is 1.75. The molecule has 1 fully saturated rings. The van der Waals surface area contributed by atoms with Crippen LogP contribution in [0.15, 0.2) is 24.3 Å². The second-order valence-electron chi connectivity index (χ2n) is 5.99. The van der Waals surface area contributed by atoms with Gasteiger partial charge in [0.05, 0.1) is 6.04 Å². The Bertz CT molecular complexity index is 421. The molecule has 0 bridgehead atoms. The van der Waals surface area contributed by atoms with E-state index in [0.717, 1.165) is 18.2 Å². The first-order valence-electron chi connectivity index (χ1n) is 7.76. The number of rotatable bonds is 5. The molecule has 1 amide bonds. The number of hydrogen-bond donors (Lipinski definition) is 2. The third-order valence-electron chi connectivity index (χ3n) is 4.15. The van der Waals surface area contributed by atoms with E-state index in [9.17, 15) is 4.79 Å². The summed E-state index contributed by atoms with van der Waals surface area (Å²) in [6.07, 6.45) is 6.67. The van der Waals surface area contributed by atoms with Crippen LogP contribution in [-0.4, -0.2) is 18.5 Å². The van der Waals surface area contributed by atoms with E-state index in [1.165, 1.54) is 37.7 Å². The first-order valence-corrected chi connectivity index (χ1v) is 7.76. The highest BCUT2D eigenvalue weighted by atomic mass is 16.2. The first-order chi connectivity index (χ1) is 9.65. The summed E-state index contributed by atoms with van der Waals surface area (Å²) in [5, 5.41) is 6.33. The summed E-state index contributed by atoms with van der Waals surface area (Å²) in [7, 11) is 0. The van der Waals surface area contributed by atoms with E-state index in [1.54, 1.807) is 0 Å². The van der Waals surface area contributed by atoms with Gasteiger partial charge in [0.2, 0.25) is 5.91 Å². The molecule has 1 aromatic carbocycles. The van der Waals surface area contributed by atoms with Gasteiger partial charge in [-0.15, -0.1) is 0 Å². The fraction of sp³-hybridized carbons (Fsp3) is 0.588. The van der Waals surface area contributed by atoms with Crippen molar-refractivity contribution < 1.29 is 4.79 Å². The summed E-state index contributed by atoms with van der Waals surface area (Å²) in [5.74, 6) is 0.794. The number of hydrogen-bond acceptors (Lipinski definition) is 2. The van der Waals surface area contributed by atoms with Crippen LogP contribution < -0.4 is 10.6 Å². The van der Waals surface area contributed by atoms with E-state index in [1.807, 2.05) is 38.1 Å². The van der Waals surface area contributed by atoms with Crippen LogP contribution in [0.4, 0.5) is 5.69 Å². The number of carbonyl (C=O) groups is 1. The number of amides is 1. The van der Waals surface area contributed by atoms with Gasteiger partial charge in [0.25, 0.3) is 0 Å². The molecule has 1 aromatic rings. The lowest BCUT2D eigenvalue weighted by Crippen LogP contribution is -2.40. The second-order valence-corrected chi connectivity index (χ2v) is 5.99. The zero-order valence-corrected chi connectivity index (χ0v) is 12.6. The molecule has 2 rings (SSSR count). The van der Waals surface area contributed by atoms with Crippen molar-refractivity contribution >= 4 is 11.6 Å². The number of benzene rings is 1. The van der Waals surface area contributed by atoms with Crippen LogP contribution in [0.2, 0.25) is 0 Å². The Morgan fingerprint density at radius 1 is 1.20 bits per heavy atom. The number of carbonyl (C=O) groups excluding carboxylic acids is 1. The molecule has 1 saturated carbocycles. The summed E-state index contributed by atoms with van der Waals surface area (Å²) < 4.78 is 0. The van der Waals surface area contributed by atoms with Crippen LogP contribution >= 0.6 is 0 Å². The Morgan fingerprint density at radius 2 is 1.85 bits per heavy atom. The van der Waals surface area contributed by atoms with Crippen LogP contribution in [0.3, 0.4) is 0 Å². The van der Waals surface area contributed by atoms with E-state index >= 15 is 0 Å². The van der Waals surface area contributed by atoms with E-state index in [-0.39, 0.29) is 11.9 Å². The fourth-order valence-electron chi connectivity index (χ4n) is 2.71. The number of nitrogens with one attached hydrogen (secondary N) is 2. The second kappa shape index (κ2) is 7.44. The maximum atomic E-state index is 12.1. The Morgan fingerprint density at radius 3 is 2.50 bits per heavy atom. The van der Waals surface area contributed by atoms with Crippen LogP contribution in [-0.2, 0) is 4.79 Å². The molecule has 3 nitrogen and oxygen atoms in total. The smallest absolute Gasteiger partial charge is 0.241 e. The van der Waals surface area contributed by atoms with Crippen LogP contribution in [0.5, 0.6) is 0 Å². The van der Waals surface area contributed by atoms with Gasteiger partial charge < -0.3 is 10.6 Å². The molecule has 1 atom stereocenters. The first kappa shape index (κ1) is 15.0. The molecule has 110 valence electrons. The standard InChI is InChI=1S/C17H26N2O/c1-13-8-10-16(11-9-13)19-17(20)14(2)18-12-15-6-4-3-5-7-15/h8-11,14-15,18H,3-7,12H2,1-2H3,(H,19,20). The predicted octanol–water partition coefficient (Wildman–Crippen LogP) is 3.49. The van der Waals surface area contributed by atoms with Gasteiger partial charge in [-0.05, 0) is 51.3 Å². The van der Waals surface area contributed by atoms with Crippen molar-refractivity contribution in [1.82, 2.24) is 5.32 Å². The summed E-state index contributed by atoms with van der Waals surface area (Å²) in [6.45, 7) is 4.94. The third-order valence-corrected chi connectivity index (χ3v) is 4.15. The normalized spacial score (nSPS) is 17.7. The third kappa shape index (κ3) is 4.64. The van der Waals surface area contributed by atoms with Gasteiger partial charge in [-0.2, -0.15) is 0 Å². The average Bonchev–Trinajstić information content (AvgIpc) is 2.48. The van der Waals surface area contributed by atoms with Crippen molar-refractivity contribution in [1.29, 1.82) is 0 Å². The Labute approximate surface area is 122 Å². The van der Waals surface area contributed by atoms with Crippen LogP contribution in [0.25, 0.3) is 0 Å². The fourth-order valence-corrected chi connectivity index (χ4v) is 2.71. The van der Waals surface area contributed by atoms with Gasteiger partial charge in [0.1, 0.15) is 0 Å². The molecule has 0 heterocycles. The molecule has 1 aliphatic rings. The van der Waals surface area contributed by atoms with Gasteiger partial charge in [-0.25, -0.2) is 0 Å². The van der Waals surface area contributed by atoms with Gasteiger partial charge in [0.15, 0.2) is 0 Å². The maximum absolute atomic E-state index is 12.1. The molecule has 1 aliphatic carbocycles. The highest BCUT2D eigenvalue weighted by molar-refractivity contribution is 5.94. The van der Waals surface area contributed by atoms with Gasteiger partial charge in [0, 0.05) is 5.69 Å². The topological polar surface area (TPSA) is 41.1 Å². The van der Waals surface area contributed by atoms with Gasteiger partial charge in [-0.1, -0.05) is 37.0 Å². The quantitative estimate of drug-likeness (QED) is 0.863. The van der Waals surface area contributed by atoms with Crippen molar-refractivity contribution in [3.8, 4) is 0 Å². The lowest BCUT2D eigenvalue weighted by atomic mass is 9.89. The summed E-state index contributed by atoms with van der Waals surface area (Å²) >= 11 is 0. The van der Waals surface area contributed by atoms with Crippen molar-refractivity contribution in [2.45, 2.75) is 52.0 Å². The highest BCUT2D eigenvalue weighted by Gasteiger charge is 2.17. The van der Waals surface area contributed by atoms with Gasteiger partial charge in [-0.3, -0.25) is 4.79 Å². The molecular weight excluding hydrogens is 248 g/mol. The van der Waals surface area contributed by atoms with E-state index < -0.39 is 0 Å². The molecule has 3 heteroatoms. The molecule has 2 N–H and O–H groups in total. The molecule has 0 radical (unpaired) electrons. The van der Waals surface area contributed by atoms with Gasteiger partial charge >= 0.3 is 0 Å². The molecule has 0 aromatic heterocycles. The van der Waals surface area contributed by atoms with E-state index in [4.69, 9.17) is 0 Å². The largest absolute Gasteiger partial charge is 0.325 e. The molecule has 20 heavy (non-hydrogen) atoms.